The Morgan fingerprint density at radius 1 is 1.00 bits per heavy atom. The van der Waals surface area contributed by atoms with Crippen molar-refractivity contribution in [2.45, 2.75) is 83.9 Å². The fourth-order valence-corrected chi connectivity index (χ4v) is 5.36. The number of aryl methyl sites for hydroxylation is 2. The molecule has 1 aliphatic carbocycles. The molecule has 1 saturated carbocycles. The molecule has 2 aliphatic heterocycles. The number of ether oxygens (including phenoxy) is 1. The number of rotatable bonds is 7. The van der Waals surface area contributed by atoms with Crippen LogP contribution in [0.2, 0.25) is 0 Å². The lowest BCUT2D eigenvalue weighted by Gasteiger charge is -2.38. The molecule has 0 radical (unpaired) electrons. The summed E-state index contributed by atoms with van der Waals surface area (Å²) in [5.41, 5.74) is 1.27. The number of nitrogens with zero attached hydrogens (tertiary/aromatic N) is 2. The van der Waals surface area contributed by atoms with Gasteiger partial charge < -0.3 is 14.1 Å². The van der Waals surface area contributed by atoms with Gasteiger partial charge in [0.15, 0.2) is 0 Å². The summed E-state index contributed by atoms with van der Waals surface area (Å²) in [4.78, 5) is 5.40. The highest BCUT2D eigenvalue weighted by atomic mass is 16.5. The third-order valence-electron chi connectivity index (χ3n) is 7.09. The highest BCUT2D eigenvalue weighted by molar-refractivity contribution is 5.18. The number of hydrogen-bond donors (Lipinski definition) is 0. The van der Waals surface area contributed by atoms with Crippen LogP contribution in [0.25, 0.3) is 0 Å². The molecule has 4 heteroatoms. The first kappa shape index (κ1) is 19.5. The van der Waals surface area contributed by atoms with Crippen molar-refractivity contribution in [2.24, 2.45) is 5.92 Å². The minimum Gasteiger partial charge on any atom is -0.465 e. The van der Waals surface area contributed by atoms with Crippen LogP contribution in [0, 0.1) is 19.8 Å². The molecular formula is C23H38N2O2. The van der Waals surface area contributed by atoms with E-state index in [2.05, 4.69) is 29.7 Å². The summed E-state index contributed by atoms with van der Waals surface area (Å²) in [5.74, 6) is 3.00. The first-order chi connectivity index (χ1) is 13.2. The first-order valence-corrected chi connectivity index (χ1v) is 11.3. The SMILES string of the molecule is Cc1cc(CN(CC2CCN(C3CCCC3)CC2)C[C@H]2CCCO2)oc1C. The first-order valence-electron chi connectivity index (χ1n) is 11.3. The third-order valence-corrected chi connectivity index (χ3v) is 7.09. The van der Waals surface area contributed by atoms with Gasteiger partial charge in [-0.2, -0.15) is 0 Å². The third kappa shape index (κ3) is 5.16. The van der Waals surface area contributed by atoms with Crippen LogP contribution in [0.4, 0.5) is 0 Å². The molecule has 0 bridgehead atoms. The fraction of sp³-hybridized carbons (Fsp3) is 0.826. The predicted octanol–water partition coefficient (Wildman–Crippen LogP) is 4.53. The molecule has 3 fully saturated rings. The number of furan rings is 1. The van der Waals surface area contributed by atoms with E-state index in [0.29, 0.717) is 6.10 Å². The van der Waals surface area contributed by atoms with E-state index >= 15 is 0 Å². The zero-order valence-corrected chi connectivity index (χ0v) is 17.4. The van der Waals surface area contributed by atoms with E-state index in [1.165, 1.54) is 76.6 Å². The molecule has 0 amide bonds. The smallest absolute Gasteiger partial charge is 0.118 e. The number of piperidine rings is 1. The summed E-state index contributed by atoms with van der Waals surface area (Å²) < 4.78 is 11.9. The Morgan fingerprint density at radius 2 is 1.78 bits per heavy atom. The molecule has 152 valence electrons. The lowest BCUT2D eigenvalue weighted by Crippen LogP contribution is -2.43. The molecule has 0 spiro atoms. The van der Waals surface area contributed by atoms with Crippen molar-refractivity contribution < 1.29 is 9.15 Å². The summed E-state index contributed by atoms with van der Waals surface area (Å²) >= 11 is 0. The van der Waals surface area contributed by atoms with Gasteiger partial charge in [0.05, 0.1) is 12.6 Å². The summed E-state index contributed by atoms with van der Waals surface area (Å²) in [7, 11) is 0. The van der Waals surface area contributed by atoms with Gasteiger partial charge in [0, 0.05) is 25.7 Å². The maximum atomic E-state index is 5.99. The van der Waals surface area contributed by atoms with Crippen LogP contribution in [-0.4, -0.2) is 54.7 Å². The van der Waals surface area contributed by atoms with Gasteiger partial charge >= 0.3 is 0 Å². The van der Waals surface area contributed by atoms with Gasteiger partial charge in [-0.15, -0.1) is 0 Å². The second kappa shape index (κ2) is 9.11. The van der Waals surface area contributed by atoms with E-state index < -0.39 is 0 Å². The monoisotopic (exact) mass is 374 g/mol. The number of likely N-dealkylation sites (tertiary alicyclic amines) is 1. The Hall–Kier alpha value is -0.840. The predicted molar refractivity (Wildman–Crippen MR) is 109 cm³/mol. The van der Waals surface area contributed by atoms with Gasteiger partial charge in [0.2, 0.25) is 0 Å². The second-order valence-electron chi connectivity index (χ2n) is 9.20. The Kier molecular flexibility index (Phi) is 6.57. The molecule has 0 N–H and O–H groups in total. The average Bonchev–Trinajstić information content (AvgIpc) is 3.40. The largest absolute Gasteiger partial charge is 0.465 e. The van der Waals surface area contributed by atoms with E-state index in [0.717, 1.165) is 43.2 Å². The van der Waals surface area contributed by atoms with E-state index in [1.807, 2.05) is 0 Å². The normalized spacial score (nSPS) is 25.8. The molecule has 0 aromatic carbocycles. The van der Waals surface area contributed by atoms with Crippen LogP contribution in [0.15, 0.2) is 10.5 Å². The van der Waals surface area contributed by atoms with Crippen LogP contribution in [0.1, 0.15) is 68.5 Å². The van der Waals surface area contributed by atoms with E-state index in [9.17, 15) is 0 Å². The Morgan fingerprint density at radius 3 is 2.41 bits per heavy atom. The van der Waals surface area contributed by atoms with Crippen molar-refractivity contribution >= 4 is 0 Å². The van der Waals surface area contributed by atoms with E-state index in [4.69, 9.17) is 9.15 Å². The van der Waals surface area contributed by atoms with Crippen LogP contribution in [0.3, 0.4) is 0 Å². The standard InChI is InChI=1S/C23H38N2O2/c1-18-14-23(27-19(18)2)17-24(16-22-8-5-13-26-22)15-20-9-11-25(12-10-20)21-6-3-4-7-21/h14,20-22H,3-13,15-17H2,1-2H3/t22-/m1/s1. The molecular weight excluding hydrogens is 336 g/mol. The second-order valence-corrected chi connectivity index (χ2v) is 9.20. The van der Waals surface area contributed by atoms with Crippen molar-refractivity contribution in [1.29, 1.82) is 0 Å². The van der Waals surface area contributed by atoms with Gasteiger partial charge in [0.1, 0.15) is 11.5 Å². The zero-order valence-electron chi connectivity index (χ0n) is 17.4. The molecule has 3 heterocycles. The van der Waals surface area contributed by atoms with Gasteiger partial charge in [-0.3, -0.25) is 4.90 Å². The zero-order chi connectivity index (χ0) is 18.6. The minimum atomic E-state index is 0.417. The maximum Gasteiger partial charge on any atom is 0.118 e. The van der Waals surface area contributed by atoms with Gasteiger partial charge in [-0.1, -0.05) is 12.8 Å². The summed E-state index contributed by atoms with van der Waals surface area (Å²) in [6.07, 6.45) is 11.3. The lowest BCUT2D eigenvalue weighted by molar-refractivity contribution is 0.0514. The molecule has 0 unspecified atom stereocenters. The van der Waals surface area contributed by atoms with E-state index in [-0.39, 0.29) is 0 Å². The lowest BCUT2D eigenvalue weighted by atomic mass is 9.94. The Labute approximate surface area is 165 Å². The van der Waals surface area contributed by atoms with Gasteiger partial charge in [-0.25, -0.2) is 0 Å². The van der Waals surface area contributed by atoms with Crippen molar-refractivity contribution in [1.82, 2.24) is 9.80 Å². The Balaban J connectivity index is 1.32. The maximum absolute atomic E-state index is 5.99. The molecule has 27 heavy (non-hydrogen) atoms. The van der Waals surface area contributed by atoms with Crippen LogP contribution in [0.5, 0.6) is 0 Å². The summed E-state index contributed by atoms with van der Waals surface area (Å²) in [5, 5.41) is 0. The fourth-order valence-electron chi connectivity index (χ4n) is 5.36. The number of hydrogen-bond acceptors (Lipinski definition) is 4. The quantitative estimate of drug-likeness (QED) is 0.701. The molecule has 4 rings (SSSR count). The van der Waals surface area contributed by atoms with Crippen molar-refractivity contribution in [3.8, 4) is 0 Å². The van der Waals surface area contributed by atoms with Crippen LogP contribution in [-0.2, 0) is 11.3 Å². The van der Waals surface area contributed by atoms with Crippen molar-refractivity contribution in [2.75, 3.05) is 32.8 Å². The molecule has 1 aromatic heterocycles. The minimum absolute atomic E-state index is 0.417. The molecule has 1 aromatic rings. The summed E-state index contributed by atoms with van der Waals surface area (Å²) in [6, 6.07) is 3.11. The summed E-state index contributed by atoms with van der Waals surface area (Å²) in [6.45, 7) is 10.9. The molecule has 1 atom stereocenters. The topological polar surface area (TPSA) is 28.9 Å². The van der Waals surface area contributed by atoms with Crippen molar-refractivity contribution in [3.05, 3.63) is 23.2 Å². The molecule has 2 saturated heterocycles. The van der Waals surface area contributed by atoms with Crippen LogP contribution >= 0.6 is 0 Å². The van der Waals surface area contributed by atoms with Gasteiger partial charge in [0.25, 0.3) is 0 Å². The highest BCUT2D eigenvalue weighted by Crippen LogP contribution is 2.29. The molecule has 3 aliphatic rings. The Bertz CT molecular complexity index is 560. The molecule has 4 nitrogen and oxygen atoms in total. The average molecular weight is 375 g/mol. The highest BCUT2D eigenvalue weighted by Gasteiger charge is 2.29. The van der Waals surface area contributed by atoms with E-state index in [1.54, 1.807) is 0 Å². The van der Waals surface area contributed by atoms with Crippen molar-refractivity contribution in [3.63, 3.8) is 0 Å². The van der Waals surface area contributed by atoms with Crippen LogP contribution < -0.4 is 0 Å². The van der Waals surface area contributed by atoms with Gasteiger partial charge in [-0.05, 0) is 83.0 Å².